The number of ether oxygens (including phenoxy) is 1. The Hall–Kier alpha value is -1.08. The normalized spacial score (nSPS) is 12.3. The molecule has 0 aliphatic rings. The molecule has 1 unspecified atom stereocenters. The van der Waals surface area contributed by atoms with Crippen molar-refractivity contribution >= 4 is 0 Å². The van der Waals surface area contributed by atoms with E-state index in [0.29, 0.717) is 0 Å². The van der Waals surface area contributed by atoms with E-state index in [2.05, 4.69) is 25.6 Å². The summed E-state index contributed by atoms with van der Waals surface area (Å²) in [5, 5.41) is 0. The van der Waals surface area contributed by atoms with Crippen molar-refractivity contribution in [2.75, 3.05) is 6.61 Å². The summed E-state index contributed by atoms with van der Waals surface area (Å²) in [6, 6.07) is 10.3. The third-order valence-electron chi connectivity index (χ3n) is 2.73. The standard InChI is InChI=1S/C15H22O/c1-3-4-8-14(2)11-12-16-13-15-9-6-5-7-10-15/h3,5-7,9-10,14H,1,4,8,11-13H2,2H3. The first-order chi connectivity index (χ1) is 7.83. The first-order valence-electron chi connectivity index (χ1n) is 6.05. The summed E-state index contributed by atoms with van der Waals surface area (Å²) in [5.41, 5.74) is 1.25. The van der Waals surface area contributed by atoms with Gasteiger partial charge in [0.25, 0.3) is 0 Å². The molecule has 0 fully saturated rings. The first kappa shape index (κ1) is 13.0. The van der Waals surface area contributed by atoms with Crippen LogP contribution in [0.3, 0.4) is 0 Å². The van der Waals surface area contributed by atoms with Gasteiger partial charge < -0.3 is 4.74 Å². The second-order valence-electron chi connectivity index (χ2n) is 4.30. The molecule has 0 N–H and O–H groups in total. The quantitative estimate of drug-likeness (QED) is 0.469. The lowest BCUT2D eigenvalue weighted by Crippen LogP contribution is -2.02. The molecule has 1 heteroatoms. The maximum atomic E-state index is 5.64. The molecule has 0 heterocycles. The van der Waals surface area contributed by atoms with Crippen LogP contribution in [0.25, 0.3) is 0 Å². The van der Waals surface area contributed by atoms with Crippen LogP contribution >= 0.6 is 0 Å². The van der Waals surface area contributed by atoms with Crippen LogP contribution in [-0.2, 0) is 11.3 Å². The van der Waals surface area contributed by atoms with E-state index in [1.807, 2.05) is 24.3 Å². The van der Waals surface area contributed by atoms with Crippen molar-refractivity contribution < 1.29 is 4.74 Å². The van der Waals surface area contributed by atoms with Crippen LogP contribution < -0.4 is 0 Å². The van der Waals surface area contributed by atoms with Crippen LogP contribution in [0.5, 0.6) is 0 Å². The molecule has 0 amide bonds. The van der Waals surface area contributed by atoms with Crippen molar-refractivity contribution in [3.63, 3.8) is 0 Å². The molecule has 1 aromatic carbocycles. The van der Waals surface area contributed by atoms with Crippen molar-refractivity contribution in [1.29, 1.82) is 0 Å². The predicted molar refractivity (Wildman–Crippen MR) is 69.3 cm³/mol. The van der Waals surface area contributed by atoms with Crippen molar-refractivity contribution in [3.05, 3.63) is 48.6 Å². The zero-order valence-corrected chi connectivity index (χ0v) is 10.2. The summed E-state index contributed by atoms with van der Waals surface area (Å²) in [4.78, 5) is 0. The van der Waals surface area contributed by atoms with Crippen LogP contribution in [0.15, 0.2) is 43.0 Å². The fourth-order valence-corrected chi connectivity index (χ4v) is 1.60. The molecular formula is C15H22O. The van der Waals surface area contributed by atoms with E-state index >= 15 is 0 Å². The average Bonchev–Trinajstić information content (AvgIpc) is 2.33. The summed E-state index contributed by atoms with van der Waals surface area (Å²) in [6.45, 7) is 7.60. The van der Waals surface area contributed by atoms with Gasteiger partial charge in [0, 0.05) is 6.61 Å². The Morgan fingerprint density at radius 1 is 1.25 bits per heavy atom. The number of benzene rings is 1. The van der Waals surface area contributed by atoms with E-state index in [0.717, 1.165) is 32.0 Å². The van der Waals surface area contributed by atoms with Gasteiger partial charge in [-0.15, -0.1) is 6.58 Å². The van der Waals surface area contributed by atoms with Crippen LogP contribution in [-0.4, -0.2) is 6.61 Å². The van der Waals surface area contributed by atoms with Crippen molar-refractivity contribution in [2.24, 2.45) is 5.92 Å². The molecule has 0 aliphatic heterocycles. The zero-order chi connectivity index (χ0) is 11.6. The maximum Gasteiger partial charge on any atom is 0.0716 e. The van der Waals surface area contributed by atoms with Gasteiger partial charge in [-0.2, -0.15) is 0 Å². The smallest absolute Gasteiger partial charge is 0.0716 e. The molecule has 88 valence electrons. The molecule has 0 radical (unpaired) electrons. The molecule has 1 nitrogen and oxygen atoms in total. The second kappa shape index (κ2) is 8.12. The topological polar surface area (TPSA) is 9.23 Å². The minimum atomic E-state index is 0.730. The van der Waals surface area contributed by atoms with Gasteiger partial charge in [0.2, 0.25) is 0 Å². The highest BCUT2D eigenvalue weighted by atomic mass is 16.5. The van der Waals surface area contributed by atoms with Crippen LogP contribution in [0.4, 0.5) is 0 Å². The Morgan fingerprint density at radius 2 is 2.00 bits per heavy atom. The average molecular weight is 218 g/mol. The van der Waals surface area contributed by atoms with Gasteiger partial charge in [0.1, 0.15) is 0 Å². The molecule has 1 aromatic rings. The van der Waals surface area contributed by atoms with Crippen LogP contribution in [0.2, 0.25) is 0 Å². The summed E-state index contributed by atoms with van der Waals surface area (Å²) in [6.07, 6.45) is 5.46. The highest BCUT2D eigenvalue weighted by Gasteiger charge is 2.00. The lowest BCUT2D eigenvalue weighted by atomic mass is 10.0. The number of allylic oxidation sites excluding steroid dienone is 1. The molecule has 0 aromatic heterocycles. The molecule has 1 rings (SSSR count). The Kier molecular flexibility index (Phi) is 6.59. The van der Waals surface area contributed by atoms with Crippen LogP contribution in [0, 0.1) is 5.92 Å². The molecule has 0 saturated heterocycles. The van der Waals surface area contributed by atoms with Gasteiger partial charge in [-0.3, -0.25) is 0 Å². The summed E-state index contributed by atoms with van der Waals surface area (Å²) in [5.74, 6) is 0.730. The van der Waals surface area contributed by atoms with E-state index in [4.69, 9.17) is 4.74 Å². The van der Waals surface area contributed by atoms with Gasteiger partial charge in [-0.25, -0.2) is 0 Å². The van der Waals surface area contributed by atoms with Gasteiger partial charge >= 0.3 is 0 Å². The first-order valence-corrected chi connectivity index (χ1v) is 6.05. The Morgan fingerprint density at radius 3 is 2.69 bits per heavy atom. The Bertz CT molecular complexity index is 279. The molecular weight excluding hydrogens is 196 g/mol. The van der Waals surface area contributed by atoms with E-state index in [1.165, 1.54) is 12.0 Å². The molecule has 16 heavy (non-hydrogen) atoms. The SMILES string of the molecule is C=CCCC(C)CCOCc1ccccc1. The van der Waals surface area contributed by atoms with Crippen LogP contribution in [0.1, 0.15) is 31.7 Å². The highest BCUT2D eigenvalue weighted by Crippen LogP contribution is 2.11. The van der Waals surface area contributed by atoms with Gasteiger partial charge in [0.15, 0.2) is 0 Å². The maximum absolute atomic E-state index is 5.64. The number of hydrogen-bond donors (Lipinski definition) is 0. The number of hydrogen-bond acceptors (Lipinski definition) is 1. The molecule has 0 aliphatic carbocycles. The lowest BCUT2D eigenvalue weighted by Gasteiger charge is -2.10. The Balaban J connectivity index is 2.05. The fourth-order valence-electron chi connectivity index (χ4n) is 1.60. The molecule has 0 bridgehead atoms. The van der Waals surface area contributed by atoms with Gasteiger partial charge in [0.05, 0.1) is 6.61 Å². The minimum Gasteiger partial charge on any atom is -0.377 e. The summed E-state index contributed by atoms with van der Waals surface area (Å²) < 4.78 is 5.64. The minimum absolute atomic E-state index is 0.730. The van der Waals surface area contributed by atoms with Gasteiger partial charge in [-0.1, -0.05) is 43.3 Å². The largest absolute Gasteiger partial charge is 0.377 e. The van der Waals surface area contributed by atoms with Crippen molar-refractivity contribution in [3.8, 4) is 0 Å². The fraction of sp³-hybridized carbons (Fsp3) is 0.467. The molecule has 0 spiro atoms. The van der Waals surface area contributed by atoms with Crippen molar-refractivity contribution in [1.82, 2.24) is 0 Å². The van der Waals surface area contributed by atoms with E-state index in [-0.39, 0.29) is 0 Å². The lowest BCUT2D eigenvalue weighted by molar-refractivity contribution is 0.108. The zero-order valence-electron chi connectivity index (χ0n) is 10.2. The molecule has 0 saturated carbocycles. The van der Waals surface area contributed by atoms with E-state index in [1.54, 1.807) is 0 Å². The Labute approximate surface area is 99.1 Å². The molecule has 1 atom stereocenters. The third kappa shape index (κ3) is 5.72. The number of rotatable bonds is 8. The highest BCUT2D eigenvalue weighted by molar-refractivity contribution is 5.13. The summed E-state index contributed by atoms with van der Waals surface area (Å²) >= 11 is 0. The second-order valence-corrected chi connectivity index (χ2v) is 4.30. The van der Waals surface area contributed by atoms with E-state index in [9.17, 15) is 0 Å². The van der Waals surface area contributed by atoms with Gasteiger partial charge in [-0.05, 0) is 30.7 Å². The monoisotopic (exact) mass is 218 g/mol. The van der Waals surface area contributed by atoms with E-state index < -0.39 is 0 Å². The third-order valence-corrected chi connectivity index (χ3v) is 2.73. The predicted octanol–water partition coefficient (Wildman–Crippen LogP) is 4.20. The van der Waals surface area contributed by atoms with Crippen molar-refractivity contribution in [2.45, 2.75) is 32.8 Å². The summed E-state index contributed by atoms with van der Waals surface area (Å²) in [7, 11) is 0.